The first kappa shape index (κ1) is 23.5. The highest BCUT2D eigenvalue weighted by atomic mass is 16.5. The molecule has 2 aliphatic rings. The van der Waals surface area contributed by atoms with E-state index < -0.39 is 11.9 Å². The van der Waals surface area contributed by atoms with Crippen molar-refractivity contribution in [3.8, 4) is 23.0 Å². The molecular formula is C30H22O8. The van der Waals surface area contributed by atoms with Crippen molar-refractivity contribution in [3.05, 3.63) is 98.6 Å². The van der Waals surface area contributed by atoms with Crippen molar-refractivity contribution in [3.63, 3.8) is 0 Å². The second-order valence-electron chi connectivity index (χ2n) is 9.13. The largest absolute Gasteiger partial charge is 0.493 e. The number of rotatable bonds is 4. The van der Waals surface area contributed by atoms with E-state index in [1.807, 2.05) is 13.0 Å². The van der Waals surface area contributed by atoms with Crippen molar-refractivity contribution in [2.24, 2.45) is 0 Å². The Balaban J connectivity index is 1.50. The van der Waals surface area contributed by atoms with Gasteiger partial charge in [0.25, 0.3) is 0 Å². The summed E-state index contributed by atoms with van der Waals surface area (Å²) >= 11 is 0. The third-order valence-corrected chi connectivity index (χ3v) is 6.83. The lowest BCUT2D eigenvalue weighted by molar-refractivity contribution is -0.135. The molecule has 1 atom stereocenters. The minimum absolute atomic E-state index is 0.0665. The number of Topliss-reactive ketones (excluding diaryl/α,β-unsaturated/α-hetero) is 1. The van der Waals surface area contributed by atoms with Crippen LogP contribution in [0.1, 0.15) is 45.0 Å². The maximum Gasteiger partial charge on any atom is 0.312 e. The standard InChI is InChI=1S/C30H22O8/c1-15-7-9-21-19(11-15)27(32)20(14-36-21)18-13-25(31)37-22-10-8-17-28(33)24(38-30(17)26(18)22)12-16-5-4-6-23(34-2)29(16)35-3/h4-12,14,18H,13H2,1-3H3/b24-12-/t18-/m0/s1. The number of carbonyl (C=O) groups is 2. The lowest BCUT2D eigenvalue weighted by atomic mass is 9.85. The van der Waals surface area contributed by atoms with E-state index in [0.29, 0.717) is 39.2 Å². The number of methoxy groups -OCH3 is 2. The molecule has 0 unspecified atom stereocenters. The van der Waals surface area contributed by atoms with E-state index in [1.54, 1.807) is 48.5 Å². The van der Waals surface area contributed by atoms with Crippen LogP contribution in [0, 0.1) is 6.92 Å². The minimum Gasteiger partial charge on any atom is -0.493 e. The number of esters is 1. The van der Waals surface area contributed by atoms with E-state index in [-0.39, 0.29) is 40.5 Å². The molecule has 8 nitrogen and oxygen atoms in total. The topological polar surface area (TPSA) is 101 Å². The minimum atomic E-state index is -0.721. The van der Waals surface area contributed by atoms with Crippen molar-refractivity contribution in [2.45, 2.75) is 19.3 Å². The van der Waals surface area contributed by atoms with E-state index in [1.165, 1.54) is 20.5 Å². The van der Waals surface area contributed by atoms with Crippen molar-refractivity contribution in [2.75, 3.05) is 14.2 Å². The van der Waals surface area contributed by atoms with Crippen LogP contribution < -0.4 is 24.4 Å². The summed E-state index contributed by atoms with van der Waals surface area (Å²) in [7, 11) is 3.04. The molecule has 4 aromatic rings. The zero-order valence-electron chi connectivity index (χ0n) is 20.8. The summed E-state index contributed by atoms with van der Waals surface area (Å²) in [6, 6.07) is 13.8. The normalized spacial score (nSPS) is 17.1. The summed E-state index contributed by atoms with van der Waals surface area (Å²) in [4.78, 5) is 39.5. The van der Waals surface area contributed by atoms with Crippen LogP contribution in [0.3, 0.4) is 0 Å². The van der Waals surface area contributed by atoms with Crippen LogP contribution >= 0.6 is 0 Å². The Morgan fingerprint density at radius 3 is 2.61 bits per heavy atom. The number of ether oxygens (including phenoxy) is 4. The van der Waals surface area contributed by atoms with Gasteiger partial charge in [0, 0.05) is 22.6 Å². The van der Waals surface area contributed by atoms with Gasteiger partial charge in [-0.1, -0.05) is 23.8 Å². The zero-order chi connectivity index (χ0) is 26.6. The molecule has 0 radical (unpaired) electrons. The predicted octanol–water partition coefficient (Wildman–Crippen LogP) is 5.18. The van der Waals surface area contributed by atoms with Gasteiger partial charge in [-0.05, 0) is 43.3 Å². The Hall–Kier alpha value is -4.85. The van der Waals surface area contributed by atoms with Crippen LogP contribution in [0.4, 0.5) is 0 Å². The fourth-order valence-corrected chi connectivity index (χ4v) is 5.04. The van der Waals surface area contributed by atoms with Crippen LogP contribution in [0.5, 0.6) is 23.0 Å². The van der Waals surface area contributed by atoms with Gasteiger partial charge in [-0.3, -0.25) is 14.4 Å². The molecule has 0 saturated carbocycles. The molecule has 0 saturated heterocycles. The first-order valence-corrected chi connectivity index (χ1v) is 11.9. The Morgan fingerprint density at radius 2 is 1.82 bits per heavy atom. The van der Waals surface area contributed by atoms with Gasteiger partial charge >= 0.3 is 5.97 Å². The summed E-state index contributed by atoms with van der Waals surface area (Å²) < 4.78 is 28.2. The second kappa shape index (κ2) is 8.92. The highest BCUT2D eigenvalue weighted by Crippen LogP contribution is 2.49. The Morgan fingerprint density at radius 1 is 0.974 bits per heavy atom. The third-order valence-electron chi connectivity index (χ3n) is 6.83. The molecule has 1 aromatic heterocycles. The third kappa shape index (κ3) is 3.64. The Kier molecular flexibility index (Phi) is 5.52. The molecule has 2 aliphatic heterocycles. The molecule has 6 rings (SSSR count). The van der Waals surface area contributed by atoms with Crippen molar-refractivity contribution < 1.29 is 33.0 Å². The maximum absolute atomic E-state index is 13.5. The van der Waals surface area contributed by atoms with Gasteiger partial charge in [-0.15, -0.1) is 0 Å². The number of ketones is 1. The first-order valence-electron chi connectivity index (χ1n) is 11.9. The smallest absolute Gasteiger partial charge is 0.312 e. The van der Waals surface area contributed by atoms with E-state index in [0.717, 1.165) is 5.56 Å². The number of hydrogen-bond donors (Lipinski definition) is 0. The fourth-order valence-electron chi connectivity index (χ4n) is 5.04. The number of benzene rings is 3. The summed E-state index contributed by atoms with van der Waals surface area (Å²) in [6.45, 7) is 1.89. The molecule has 8 heteroatoms. The van der Waals surface area contributed by atoms with Crippen LogP contribution in [0.2, 0.25) is 0 Å². The maximum atomic E-state index is 13.5. The first-order chi connectivity index (χ1) is 18.4. The molecule has 38 heavy (non-hydrogen) atoms. The molecule has 0 bridgehead atoms. The highest BCUT2D eigenvalue weighted by molar-refractivity contribution is 6.15. The monoisotopic (exact) mass is 510 g/mol. The molecule has 0 N–H and O–H groups in total. The SMILES string of the molecule is COc1cccc(/C=C2\Oc3c(ccc4c3[C@H](c3coc5ccc(C)cc5c3=O)CC(=O)O4)C2=O)c1OC. The average molecular weight is 510 g/mol. The molecule has 3 heterocycles. The van der Waals surface area contributed by atoms with Gasteiger partial charge in [0.2, 0.25) is 5.78 Å². The number of fused-ring (bicyclic) bond motifs is 4. The summed E-state index contributed by atoms with van der Waals surface area (Å²) in [5, 5.41) is 0.415. The van der Waals surface area contributed by atoms with Gasteiger partial charge in [0.05, 0.1) is 37.9 Å². The Bertz CT molecular complexity index is 1740. The molecule has 0 aliphatic carbocycles. The molecular weight excluding hydrogens is 488 g/mol. The van der Waals surface area contributed by atoms with Gasteiger partial charge in [0.15, 0.2) is 22.7 Å². The lowest BCUT2D eigenvalue weighted by Gasteiger charge is -2.25. The quantitative estimate of drug-likeness (QED) is 0.210. The van der Waals surface area contributed by atoms with E-state index >= 15 is 0 Å². The van der Waals surface area contributed by atoms with E-state index in [2.05, 4.69) is 0 Å². The molecule has 0 amide bonds. The van der Waals surface area contributed by atoms with E-state index in [9.17, 15) is 14.4 Å². The van der Waals surface area contributed by atoms with Crippen LogP contribution in [-0.4, -0.2) is 26.0 Å². The van der Waals surface area contributed by atoms with Crippen LogP contribution in [0.15, 0.2) is 69.8 Å². The Labute approximate surface area is 217 Å². The molecule has 0 fully saturated rings. The van der Waals surface area contributed by atoms with Gasteiger partial charge in [-0.2, -0.15) is 0 Å². The second-order valence-corrected chi connectivity index (χ2v) is 9.13. The average Bonchev–Trinajstić information content (AvgIpc) is 3.23. The molecule has 0 spiro atoms. The van der Waals surface area contributed by atoms with Gasteiger partial charge in [-0.25, -0.2) is 0 Å². The van der Waals surface area contributed by atoms with Gasteiger partial charge < -0.3 is 23.4 Å². The van der Waals surface area contributed by atoms with Crippen LogP contribution in [0.25, 0.3) is 17.0 Å². The number of allylic oxidation sites excluding steroid dienone is 1. The number of carbonyl (C=O) groups excluding carboxylic acids is 2. The van der Waals surface area contributed by atoms with Gasteiger partial charge in [0.1, 0.15) is 17.1 Å². The van der Waals surface area contributed by atoms with Crippen molar-refractivity contribution in [1.29, 1.82) is 0 Å². The summed E-state index contributed by atoms with van der Waals surface area (Å²) in [6.07, 6.45) is 2.85. The summed E-state index contributed by atoms with van der Waals surface area (Å²) in [5.74, 6) is -0.0432. The van der Waals surface area contributed by atoms with Crippen molar-refractivity contribution >= 4 is 28.8 Å². The molecule has 190 valence electrons. The van der Waals surface area contributed by atoms with Crippen molar-refractivity contribution in [1.82, 2.24) is 0 Å². The summed E-state index contributed by atoms with van der Waals surface area (Å²) in [5.41, 5.74) is 2.74. The highest BCUT2D eigenvalue weighted by Gasteiger charge is 2.39. The fraction of sp³-hybridized carbons (Fsp3) is 0.167. The predicted molar refractivity (Wildman–Crippen MR) is 138 cm³/mol. The zero-order valence-corrected chi connectivity index (χ0v) is 20.8. The van der Waals surface area contributed by atoms with E-state index in [4.69, 9.17) is 23.4 Å². The number of aryl methyl sites for hydroxylation is 1. The number of para-hydroxylation sites is 1. The number of hydrogen-bond acceptors (Lipinski definition) is 8. The lowest BCUT2D eigenvalue weighted by Crippen LogP contribution is -2.25. The molecule has 3 aromatic carbocycles. The van der Waals surface area contributed by atoms with Crippen LogP contribution in [-0.2, 0) is 4.79 Å².